The molecule has 3 rings (SSSR count). The SMILES string of the molecule is Cc1ccc2c(c1)CCCN2Cc1ccccc1C(N)=S. The molecule has 0 aromatic heterocycles. The van der Waals surface area contributed by atoms with Gasteiger partial charge in [0.25, 0.3) is 0 Å². The molecule has 3 heteroatoms. The first-order valence-electron chi connectivity index (χ1n) is 7.37. The van der Waals surface area contributed by atoms with E-state index in [0.29, 0.717) is 4.99 Å². The van der Waals surface area contributed by atoms with E-state index in [2.05, 4.69) is 42.2 Å². The van der Waals surface area contributed by atoms with Crippen LogP contribution < -0.4 is 10.6 Å². The van der Waals surface area contributed by atoms with E-state index < -0.39 is 0 Å². The molecule has 2 aromatic rings. The molecule has 2 aromatic carbocycles. The second kappa shape index (κ2) is 5.86. The van der Waals surface area contributed by atoms with Gasteiger partial charge in [-0.3, -0.25) is 0 Å². The van der Waals surface area contributed by atoms with Crippen LogP contribution in [0, 0.1) is 6.92 Å². The van der Waals surface area contributed by atoms with Gasteiger partial charge in [0.2, 0.25) is 0 Å². The van der Waals surface area contributed by atoms with Crippen LogP contribution in [0.4, 0.5) is 5.69 Å². The average molecular weight is 296 g/mol. The fourth-order valence-electron chi connectivity index (χ4n) is 3.07. The van der Waals surface area contributed by atoms with Crippen molar-refractivity contribution < 1.29 is 0 Å². The molecule has 0 spiro atoms. The lowest BCUT2D eigenvalue weighted by molar-refractivity contribution is 0.690. The molecule has 0 saturated heterocycles. The number of thiocarbonyl (C=S) groups is 1. The zero-order valence-corrected chi connectivity index (χ0v) is 13.1. The van der Waals surface area contributed by atoms with Crippen molar-refractivity contribution in [2.24, 2.45) is 5.73 Å². The second-order valence-corrected chi connectivity index (χ2v) is 6.12. The number of aryl methyl sites for hydroxylation is 2. The third kappa shape index (κ3) is 2.93. The summed E-state index contributed by atoms with van der Waals surface area (Å²) in [5.41, 5.74) is 12.2. The molecule has 0 unspecified atom stereocenters. The van der Waals surface area contributed by atoms with Crippen LogP contribution in [-0.2, 0) is 13.0 Å². The summed E-state index contributed by atoms with van der Waals surface area (Å²) < 4.78 is 0. The van der Waals surface area contributed by atoms with Gasteiger partial charge in [0, 0.05) is 24.3 Å². The summed E-state index contributed by atoms with van der Waals surface area (Å²) in [5.74, 6) is 0. The predicted octanol–water partition coefficient (Wildman–Crippen LogP) is 3.58. The average Bonchev–Trinajstić information content (AvgIpc) is 2.47. The number of hydrogen-bond acceptors (Lipinski definition) is 2. The Bertz CT molecular complexity index is 679. The maximum atomic E-state index is 5.85. The maximum absolute atomic E-state index is 5.85. The van der Waals surface area contributed by atoms with Gasteiger partial charge < -0.3 is 10.6 Å². The van der Waals surface area contributed by atoms with Crippen molar-refractivity contribution in [3.8, 4) is 0 Å². The first-order valence-corrected chi connectivity index (χ1v) is 7.78. The molecule has 0 radical (unpaired) electrons. The highest BCUT2D eigenvalue weighted by molar-refractivity contribution is 7.80. The number of hydrogen-bond donors (Lipinski definition) is 1. The molecule has 0 fully saturated rings. The molecular weight excluding hydrogens is 276 g/mol. The van der Waals surface area contributed by atoms with Crippen LogP contribution in [-0.4, -0.2) is 11.5 Å². The normalized spacial score (nSPS) is 13.9. The minimum absolute atomic E-state index is 0.478. The highest BCUT2D eigenvalue weighted by atomic mass is 32.1. The van der Waals surface area contributed by atoms with Crippen LogP contribution in [0.3, 0.4) is 0 Å². The van der Waals surface area contributed by atoms with Crippen LogP contribution in [0.5, 0.6) is 0 Å². The third-order valence-corrected chi connectivity index (χ3v) is 4.31. The van der Waals surface area contributed by atoms with E-state index in [1.54, 1.807) is 0 Å². The number of nitrogens with zero attached hydrogens (tertiary/aromatic N) is 1. The zero-order valence-electron chi connectivity index (χ0n) is 12.3. The van der Waals surface area contributed by atoms with E-state index in [0.717, 1.165) is 18.7 Å². The Morgan fingerprint density at radius 2 is 2.05 bits per heavy atom. The quantitative estimate of drug-likeness (QED) is 0.878. The largest absolute Gasteiger partial charge is 0.389 e. The van der Waals surface area contributed by atoms with E-state index in [9.17, 15) is 0 Å². The van der Waals surface area contributed by atoms with E-state index in [-0.39, 0.29) is 0 Å². The highest BCUT2D eigenvalue weighted by Gasteiger charge is 2.18. The molecule has 0 saturated carbocycles. The molecule has 21 heavy (non-hydrogen) atoms. The summed E-state index contributed by atoms with van der Waals surface area (Å²) >= 11 is 5.17. The minimum atomic E-state index is 0.478. The van der Waals surface area contributed by atoms with E-state index in [4.69, 9.17) is 18.0 Å². The van der Waals surface area contributed by atoms with Gasteiger partial charge in [-0.1, -0.05) is 54.2 Å². The summed E-state index contributed by atoms with van der Waals surface area (Å²) in [6, 6.07) is 14.9. The molecule has 2 nitrogen and oxygen atoms in total. The van der Waals surface area contributed by atoms with E-state index in [1.807, 2.05) is 12.1 Å². The first kappa shape index (κ1) is 14.1. The Morgan fingerprint density at radius 3 is 2.86 bits per heavy atom. The Labute approximate surface area is 131 Å². The minimum Gasteiger partial charge on any atom is -0.389 e. The Morgan fingerprint density at radius 1 is 1.24 bits per heavy atom. The maximum Gasteiger partial charge on any atom is 0.104 e. The fraction of sp³-hybridized carbons (Fsp3) is 0.278. The van der Waals surface area contributed by atoms with Crippen molar-refractivity contribution in [1.82, 2.24) is 0 Å². The summed E-state index contributed by atoms with van der Waals surface area (Å²) in [4.78, 5) is 2.92. The molecule has 2 N–H and O–H groups in total. The van der Waals surface area contributed by atoms with Crippen molar-refractivity contribution in [3.05, 3.63) is 64.7 Å². The molecule has 1 aliphatic rings. The summed E-state index contributed by atoms with van der Waals surface area (Å²) in [6.45, 7) is 4.10. The Balaban J connectivity index is 1.92. The summed E-state index contributed by atoms with van der Waals surface area (Å²) in [7, 11) is 0. The first-order chi connectivity index (χ1) is 10.1. The standard InChI is InChI=1S/C18H20N2S/c1-13-8-9-17-14(11-13)6-4-10-20(17)12-15-5-2-3-7-16(15)18(19)21/h2-3,5,7-9,11H,4,6,10,12H2,1H3,(H2,19,21). The number of fused-ring (bicyclic) bond motifs is 1. The Kier molecular flexibility index (Phi) is 3.93. The van der Waals surface area contributed by atoms with Gasteiger partial charge >= 0.3 is 0 Å². The molecule has 0 aliphatic carbocycles. The Hall–Kier alpha value is -1.87. The van der Waals surface area contributed by atoms with Gasteiger partial charge in [0.1, 0.15) is 4.99 Å². The third-order valence-electron chi connectivity index (χ3n) is 4.09. The van der Waals surface area contributed by atoms with Crippen molar-refractivity contribution >= 4 is 22.9 Å². The predicted molar refractivity (Wildman–Crippen MR) is 92.9 cm³/mol. The fourth-order valence-corrected chi connectivity index (χ4v) is 3.27. The van der Waals surface area contributed by atoms with Gasteiger partial charge in [-0.25, -0.2) is 0 Å². The van der Waals surface area contributed by atoms with Crippen LogP contribution in [0.25, 0.3) is 0 Å². The van der Waals surface area contributed by atoms with E-state index in [1.165, 1.54) is 35.2 Å². The highest BCUT2D eigenvalue weighted by Crippen LogP contribution is 2.29. The van der Waals surface area contributed by atoms with Gasteiger partial charge in [-0.05, 0) is 37.0 Å². The summed E-state index contributed by atoms with van der Waals surface area (Å²) in [6.07, 6.45) is 2.37. The smallest absolute Gasteiger partial charge is 0.104 e. The van der Waals surface area contributed by atoms with Crippen LogP contribution in [0.1, 0.15) is 28.7 Å². The molecule has 0 bridgehead atoms. The number of rotatable bonds is 3. The van der Waals surface area contributed by atoms with Gasteiger partial charge in [0.05, 0.1) is 0 Å². The molecule has 0 amide bonds. The van der Waals surface area contributed by atoms with Crippen LogP contribution in [0.15, 0.2) is 42.5 Å². The van der Waals surface area contributed by atoms with Gasteiger partial charge in [-0.2, -0.15) is 0 Å². The van der Waals surface area contributed by atoms with Crippen LogP contribution in [0.2, 0.25) is 0 Å². The number of nitrogens with two attached hydrogens (primary N) is 1. The van der Waals surface area contributed by atoms with E-state index >= 15 is 0 Å². The number of benzene rings is 2. The van der Waals surface area contributed by atoms with Crippen molar-refractivity contribution in [2.75, 3.05) is 11.4 Å². The lowest BCUT2D eigenvalue weighted by atomic mass is 9.98. The summed E-state index contributed by atoms with van der Waals surface area (Å²) in [5, 5.41) is 0. The molecule has 0 atom stereocenters. The lowest BCUT2D eigenvalue weighted by Gasteiger charge is -2.32. The van der Waals surface area contributed by atoms with Crippen molar-refractivity contribution in [1.29, 1.82) is 0 Å². The zero-order chi connectivity index (χ0) is 14.8. The topological polar surface area (TPSA) is 29.3 Å². The van der Waals surface area contributed by atoms with Gasteiger partial charge in [-0.15, -0.1) is 0 Å². The second-order valence-electron chi connectivity index (χ2n) is 5.68. The molecular formula is C18H20N2S. The molecule has 1 heterocycles. The lowest BCUT2D eigenvalue weighted by Crippen LogP contribution is -2.30. The monoisotopic (exact) mass is 296 g/mol. The number of anilines is 1. The van der Waals surface area contributed by atoms with Crippen molar-refractivity contribution in [3.63, 3.8) is 0 Å². The van der Waals surface area contributed by atoms with Gasteiger partial charge in [0.15, 0.2) is 0 Å². The molecule has 108 valence electrons. The van der Waals surface area contributed by atoms with Crippen molar-refractivity contribution in [2.45, 2.75) is 26.3 Å². The molecule has 1 aliphatic heterocycles. The van der Waals surface area contributed by atoms with Crippen LogP contribution >= 0.6 is 12.2 Å².